The van der Waals surface area contributed by atoms with Gasteiger partial charge in [-0.3, -0.25) is 14.4 Å². The highest BCUT2D eigenvalue weighted by atomic mass is 32.1. The standard InChI is InChI=1S/C20H21F2NO5S/c1-13-3-9-17(29-13)16(24)8-10-19(26)27-12-18(25)23(2)11-14-4-6-15(7-5-14)28-20(21)22/h3-7,9,20H,8,10-12H2,1-2H3. The molecule has 9 heteroatoms. The fraction of sp³-hybridized carbons (Fsp3) is 0.350. The SMILES string of the molecule is Cc1ccc(C(=O)CCC(=O)OCC(=O)N(C)Cc2ccc(OC(F)F)cc2)s1. The zero-order valence-electron chi connectivity index (χ0n) is 16.0. The van der Waals surface area contributed by atoms with Gasteiger partial charge in [0.05, 0.1) is 11.3 Å². The Kier molecular flexibility index (Phi) is 8.26. The van der Waals surface area contributed by atoms with Gasteiger partial charge in [0, 0.05) is 24.9 Å². The molecule has 0 fully saturated rings. The Labute approximate surface area is 171 Å². The topological polar surface area (TPSA) is 72.9 Å². The van der Waals surface area contributed by atoms with E-state index in [4.69, 9.17) is 4.74 Å². The van der Waals surface area contributed by atoms with Crippen LogP contribution in [0.1, 0.15) is 33.0 Å². The Morgan fingerprint density at radius 1 is 1.07 bits per heavy atom. The molecule has 0 radical (unpaired) electrons. The molecule has 0 spiro atoms. The van der Waals surface area contributed by atoms with E-state index in [1.807, 2.05) is 13.0 Å². The number of halogens is 2. The molecule has 29 heavy (non-hydrogen) atoms. The molecule has 0 atom stereocenters. The van der Waals surface area contributed by atoms with Crippen molar-refractivity contribution in [3.05, 3.63) is 51.7 Å². The molecule has 0 aliphatic rings. The van der Waals surface area contributed by atoms with Gasteiger partial charge in [-0.2, -0.15) is 8.78 Å². The number of esters is 1. The van der Waals surface area contributed by atoms with E-state index in [0.29, 0.717) is 10.4 Å². The molecule has 156 valence electrons. The summed E-state index contributed by atoms with van der Waals surface area (Å²) in [6.07, 6.45) is -0.0752. The fourth-order valence-corrected chi connectivity index (χ4v) is 3.22. The summed E-state index contributed by atoms with van der Waals surface area (Å²) in [7, 11) is 1.53. The summed E-state index contributed by atoms with van der Waals surface area (Å²) in [4.78, 5) is 38.8. The van der Waals surface area contributed by atoms with Crippen molar-refractivity contribution in [3.8, 4) is 5.75 Å². The summed E-state index contributed by atoms with van der Waals surface area (Å²) >= 11 is 1.37. The summed E-state index contributed by atoms with van der Waals surface area (Å²) in [5.74, 6) is -1.16. The molecule has 0 unspecified atom stereocenters. The zero-order chi connectivity index (χ0) is 21.4. The monoisotopic (exact) mass is 425 g/mol. The number of carbonyl (C=O) groups excluding carboxylic acids is 3. The van der Waals surface area contributed by atoms with Crippen molar-refractivity contribution in [1.82, 2.24) is 4.90 Å². The summed E-state index contributed by atoms with van der Waals surface area (Å²) in [5.41, 5.74) is 0.700. The van der Waals surface area contributed by atoms with Crippen molar-refractivity contribution in [2.75, 3.05) is 13.7 Å². The van der Waals surface area contributed by atoms with E-state index in [1.54, 1.807) is 18.2 Å². The van der Waals surface area contributed by atoms with Crippen LogP contribution in [0, 0.1) is 6.92 Å². The number of rotatable bonds is 10. The predicted molar refractivity (Wildman–Crippen MR) is 103 cm³/mol. The van der Waals surface area contributed by atoms with Gasteiger partial charge in [-0.1, -0.05) is 12.1 Å². The molecule has 6 nitrogen and oxygen atoms in total. The van der Waals surface area contributed by atoms with Crippen LogP contribution in [0.3, 0.4) is 0 Å². The third kappa shape index (κ3) is 7.61. The third-order valence-electron chi connectivity index (χ3n) is 3.92. The first-order valence-electron chi connectivity index (χ1n) is 8.77. The molecule has 0 aliphatic carbocycles. The predicted octanol–water partition coefficient (Wildman–Crippen LogP) is 3.82. The second kappa shape index (κ2) is 10.7. The number of alkyl halides is 2. The van der Waals surface area contributed by atoms with Gasteiger partial charge in [-0.05, 0) is 36.8 Å². The molecule has 1 aromatic carbocycles. The van der Waals surface area contributed by atoms with Crippen LogP contribution in [-0.4, -0.2) is 42.8 Å². The van der Waals surface area contributed by atoms with E-state index in [2.05, 4.69) is 4.74 Å². The number of likely N-dealkylation sites (N-methyl/N-ethyl adjacent to an activating group) is 1. The second-order valence-corrected chi connectivity index (χ2v) is 7.55. The zero-order valence-corrected chi connectivity index (χ0v) is 16.8. The molecule has 0 saturated heterocycles. The molecule has 0 saturated carbocycles. The van der Waals surface area contributed by atoms with Crippen LogP contribution in [0.25, 0.3) is 0 Å². The molecular weight excluding hydrogens is 404 g/mol. The van der Waals surface area contributed by atoms with Gasteiger partial charge in [0.25, 0.3) is 5.91 Å². The number of ether oxygens (including phenoxy) is 2. The highest BCUT2D eigenvalue weighted by Gasteiger charge is 2.15. The maximum atomic E-state index is 12.1. The molecule has 1 heterocycles. The van der Waals surface area contributed by atoms with Gasteiger partial charge in [0.2, 0.25) is 0 Å². The van der Waals surface area contributed by atoms with Crippen molar-refractivity contribution in [3.63, 3.8) is 0 Å². The number of benzene rings is 1. The van der Waals surface area contributed by atoms with Gasteiger partial charge in [-0.25, -0.2) is 0 Å². The number of ketones is 1. The smallest absolute Gasteiger partial charge is 0.387 e. The number of carbonyl (C=O) groups is 3. The minimum Gasteiger partial charge on any atom is -0.456 e. The molecule has 0 bridgehead atoms. The van der Waals surface area contributed by atoms with Crippen LogP contribution < -0.4 is 4.74 Å². The van der Waals surface area contributed by atoms with Crippen molar-refractivity contribution in [1.29, 1.82) is 0 Å². The minimum atomic E-state index is -2.90. The van der Waals surface area contributed by atoms with Crippen molar-refractivity contribution in [2.45, 2.75) is 32.9 Å². The Morgan fingerprint density at radius 2 is 1.76 bits per heavy atom. The van der Waals surface area contributed by atoms with Crippen molar-refractivity contribution in [2.24, 2.45) is 0 Å². The highest BCUT2D eigenvalue weighted by molar-refractivity contribution is 7.14. The van der Waals surface area contributed by atoms with Crippen LogP contribution in [-0.2, 0) is 20.9 Å². The second-order valence-electron chi connectivity index (χ2n) is 6.27. The Morgan fingerprint density at radius 3 is 2.34 bits per heavy atom. The quantitative estimate of drug-likeness (QED) is 0.427. The maximum Gasteiger partial charge on any atom is 0.387 e. The number of hydrogen-bond acceptors (Lipinski definition) is 6. The molecule has 0 N–H and O–H groups in total. The Balaban J connectivity index is 1.72. The minimum absolute atomic E-state index is 0.0237. The first-order valence-corrected chi connectivity index (χ1v) is 9.59. The average Bonchev–Trinajstić information content (AvgIpc) is 3.11. The first-order chi connectivity index (χ1) is 13.7. The molecule has 2 rings (SSSR count). The van der Waals surface area contributed by atoms with E-state index in [0.717, 1.165) is 4.88 Å². The number of hydrogen-bond donors (Lipinski definition) is 0. The number of aryl methyl sites for hydroxylation is 1. The van der Waals surface area contributed by atoms with E-state index in [9.17, 15) is 23.2 Å². The van der Waals surface area contributed by atoms with Crippen LogP contribution in [0.5, 0.6) is 5.75 Å². The first kappa shape index (κ1) is 22.5. The Hall–Kier alpha value is -2.81. The number of nitrogens with zero attached hydrogens (tertiary/aromatic N) is 1. The van der Waals surface area contributed by atoms with Gasteiger partial charge in [-0.15, -0.1) is 11.3 Å². The lowest BCUT2D eigenvalue weighted by atomic mass is 10.2. The van der Waals surface area contributed by atoms with Gasteiger partial charge < -0.3 is 14.4 Å². The van der Waals surface area contributed by atoms with Gasteiger partial charge >= 0.3 is 12.6 Å². The largest absolute Gasteiger partial charge is 0.456 e. The van der Waals surface area contributed by atoms with E-state index >= 15 is 0 Å². The molecule has 1 amide bonds. The third-order valence-corrected chi connectivity index (χ3v) is 4.96. The van der Waals surface area contributed by atoms with Crippen molar-refractivity contribution >= 4 is 29.0 Å². The van der Waals surface area contributed by atoms with Gasteiger partial charge in [0.1, 0.15) is 5.75 Å². The summed E-state index contributed by atoms with van der Waals surface area (Å²) in [5, 5.41) is 0. The lowest BCUT2D eigenvalue weighted by Gasteiger charge is -2.17. The number of Topliss-reactive ketones (excluding diaryl/α,β-unsaturated/α-hetero) is 1. The van der Waals surface area contributed by atoms with Crippen LogP contribution >= 0.6 is 11.3 Å². The molecule has 1 aromatic heterocycles. The average molecular weight is 425 g/mol. The summed E-state index contributed by atoms with van der Waals surface area (Å²) in [6.45, 7) is -1.23. The maximum absolute atomic E-state index is 12.1. The normalized spacial score (nSPS) is 10.7. The van der Waals surface area contributed by atoms with Crippen LogP contribution in [0.15, 0.2) is 36.4 Å². The highest BCUT2D eigenvalue weighted by Crippen LogP contribution is 2.18. The molecule has 2 aromatic rings. The van der Waals surface area contributed by atoms with Crippen molar-refractivity contribution < 1.29 is 32.6 Å². The van der Waals surface area contributed by atoms with Gasteiger partial charge in [0.15, 0.2) is 12.4 Å². The lowest BCUT2D eigenvalue weighted by molar-refractivity contribution is -0.151. The number of amides is 1. The summed E-state index contributed by atoms with van der Waals surface area (Å²) in [6, 6.07) is 9.44. The summed E-state index contributed by atoms with van der Waals surface area (Å²) < 4.78 is 33.5. The van der Waals surface area contributed by atoms with E-state index in [-0.39, 0.29) is 30.9 Å². The number of thiophene rings is 1. The molecule has 0 aliphatic heterocycles. The van der Waals surface area contributed by atoms with E-state index in [1.165, 1.54) is 35.4 Å². The van der Waals surface area contributed by atoms with Crippen LogP contribution in [0.4, 0.5) is 8.78 Å². The lowest BCUT2D eigenvalue weighted by Crippen LogP contribution is -2.30. The molecular formula is C20H21F2NO5S. The van der Waals surface area contributed by atoms with E-state index < -0.39 is 25.1 Å². The fourth-order valence-electron chi connectivity index (χ4n) is 2.39. The van der Waals surface area contributed by atoms with Crippen LogP contribution in [0.2, 0.25) is 0 Å². The Bertz CT molecular complexity index is 851.